The standard InChI is InChI=1S/C26H22FN3O2S.C2H6/c1-16-14-29-23-12-25(32-3)20(6-4-18-8-9-33-15-18)11-21(23)26(16)30(17(2)31)24-7-5-19(13-28)10-22(24)27;1-2/h5,7-12,14-15H,4,6H2,1-3H3;1-2H3. The van der Waals surface area contributed by atoms with Gasteiger partial charge in [-0.2, -0.15) is 16.6 Å². The van der Waals surface area contributed by atoms with Crippen LogP contribution < -0.4 is 9.64 Å². The van der Waals surface area contributed by atoms with E-state index in [0.717, 1.165) is 41.2 Å². The topological polar surface area (TPSA) is 66.2 Å². The van der Waals surface area contributed by atoms with Gasteiger partial charge >= 0.3 is 0 Å². The van der Waals surface area contributed by atoms with Crippen molar-refractivity contribution in [2.75, 3.05) is 12.0 Å². The molecule has 0 spiro atoms. The molecule has 0 aliphatic heterocycles. The molecule has 0 bridgehead atoms. The van der Waals surface area contributed by atoms with Crippen molar-refractivity contribution in [1.82, 2.24) is 4.98 Å². The van der Waals surface area contributed by atoms with Gasteiger partial charge in [-0.25, -0.2) is 4.39 Å². The minimum absolute atomic E-state index is 0.0905. The number of methoxy groups -OCH3 is 1. The maximum atomic E-state index is 15.0. The summed E-state index contributed by atoms with van der Waals surface area (Å²) in [7, 11) is 1.62. The highest BCUT2D eigenvalue weighted by Gasteiger charge is 2.23. The van der Waals surface area contributed by atoms with Crippen LogP contribution in [0.2, 0.25) is 0 Å². The van der Waals surface area contributed by atoms with Crippen molar-refractivity contribution < 1.29 is 13.9 Å². The molecular weight excluding hydrogens is 461 g/mol. The van der Waals surface area contributed by atoms with Crippen molar-refractivity contribution in [3.8, 4) is 11.8 Å². The molecule has 2 aromatic carbocycles. The smallest absolute Gasteiger partial charge is 0.228 e. The Bertz CT molecular complexity index is 1380. The average Bonchev–Trinajstić information content (AvgIpc) is 3.39. The number of rotatable bonds is 6. The fraction of sp³-hybridized carbons (Fsp3) is 0.250. The van der Waals surface area contributed by atoms with Crippen LogP contribution in [0.1, 0.15) is 43.0 Å². The number of hydrogen-bond donors (Lipinski definition) is 0. The summed E-state index contributed by atoms with van der Waals surface area (Å²) in [5.41, 5.74) is 4.45. The number of fused-ring (bicyclic) bond motifs is 1. The number of nitriles is 1. The van der Waals surface area contributed by atoms with Gasteiger partial charge in [-0.3, -0.25) is 14.7 Å². The number of amides is 1. The fourth-order valence-corrected chi connectivity index (χ4v) is 4.65. The Kier molecular flexibility index (Phi) is 8.56. The number of aromatic nitrogens is 1. The molecular formula is C28H28FN3O2S. The highest BCUT2D eigenvalue weighted by atomic mass is 32.1. The second-order valence-electron chi connectivity index (χ2n) is 7.74. The number of benzene rings is 2. The number of halogens is 1. The van der Waals surface area contributed by atoms with Crippen LogP contribution in [0.25, 0.3) is 10.9 Å². The van der Waals surface area contributed by atoms with E-state index in [4.69, 9.17) is 10.00 Å². The van der Waals surface area contributed by atoms with Crippen molar-refractivity contribution in [2.45, 2.75) is 40.5 Å². The first kappa shape index (κ1) is 25.9. The zero-order valence-corrected chi connectivity index (χ0v) is 21.4. The molecule has 0 N–H and O–H groups in total. The van der Waals surface area contributed by atoms with Crippen LogP contribution in [0.4, 0.5) is 15.8 Å². The number of ether oxygens (including phenoxy) is 1. The molecule has 0 aliphatic rings. The van der Waals surface area contributed by atoms with Crippen LogP contribution in [-0.4, -0.2) is 18.0 Å². The highest BCUT2D eigenvalue weighted by molar-refractivity contribution is 7.07. The van der Waals surface area contributed by atoms with Crippen LogP contribution in [-0.2, 0) is 17.6 Å². The summed E-state index contributed by atoms with van der Waals surface area (Å²) < 4.78 is 20.6. The number of carbonyl (C=O) groups excluding carboxylic acids is 1. The SMILES string of the molecule is CC.COc1cc2ncc(C)c(N(C(C)=O)c3ccc(C#N)cc3F)c2cc1CCc1ccsc1. The molecule has 0 unspecified atom stereocenters. The Morgan fingerprint density at radius 3 is 2.57 bits per heavy atom. The number of thiophene rings is 1. The Morgan fingerprint density at radius 2 is 1.97 bits per heavy atom. The number of anilines is 2. The fourth-order valence-electron chi connectivity index (χ4n) is 3.95. The molecule has 0 aliphatic carbocycles. The van der Waals surface area contributed by atoms with Crippen LogP contribution in [0.15, 0.2) is 53.4 Å². The van der Waals surface area contributed by atoms with E-state index >= 15 is 0 Å². The Hall–Kier alpha value is -3.76. The van der Waals surface area contributed by atoms with E-state index in [0.29, 0.717) is 11.2 Å². The van der Waals surface area contributed by atoms with Gasteiger partial charge in [0.1, 0.15) is 11.6 Å². The molecule has 5 nitrogen and oxygen atoms in total. The molecule has 0 saturated heterocycles. The maximum Gasteiger partial charge on any atom is 0.228 e. The number of pyridine rings is 1. The molecule has 0 atom stereocenters. The lowest BCUT2D eigenvalue weighted by atomic mass is 10.00. The Morgan fingerprint density at radius 1 is 1.20 bits per heavy atom. The van der Waals surface area contributed by atoms with E-state index in [-0.39, 0.29) is 17.2 Å². The summed E-state index contributed by atoms with van der Waals surface area (Å²) >= 11 is 1.66. The first-order valence-corrected chi connectivity index (χ1v) is 12.3. The summed E-state index contributed by atoms with van der Waals surface area (Å²) in [5, 5.41) is 14.0. The number of aryl methyl sites for hydroxylation is 3. The lowest BCUT2D eigenvalue weighted by molar-refractivity contribution is -0.115. The number of carbonyl (C=O) groups is 1. The average molecular weight is 490 g/mol. The minimum Gasteiger partial charge on any atom is -0.496 e. The number of hydrogen-bond acceptors (Lipinski definition) is 5. The van der Waals surface area contributed by atoms with Crippen LogP contribution in [0.3, 0.4) is 0 Å². The zero-order chi connectivity index (χ0) is 25.5. The van der Waals surface area contributed by atoms with Gasteiger partial charge in [-0.15, -0.1) is 0 Å². The van der Waals surface area contributed by atoms with Gasteiger partial charge in [0, 0.05) is 24.6 Å². The van der Waals surface area contributed by atoms with Crippen molar-refractivity contribution >= 4 is 39.5 Å². The van der Waals surface area contributed by atoms with E-state index in [1.807, 2.05) is 39.0 Å². The van der Waals surface area contributed by atoms with Crippen molar-refractivity contribution in [3.05, 3.63) is 81.4 Å². The second-order valence-corrected chi connectivity index (χ2v) is 8.52. The summed E-state index contributed by atoms with van der Waals surface area (Å²) in [6.07, 6.45) is 3.26. The van der Waals surface area contributed by atoms with Crippen LogP contribution in [0.5, 0.6) is 5.75 Å². The lowest BCUT2D eigenvalue weighted by Gasteiger charge is -2.25. The van der Waals surface area contributed by atoms with Crippen LogP contribution >= 0.6 is 11.3 Å². The first-order valence-electron chi connectivity index (χ1n) is 11.4. The van der Waals surface area contributed by atoms with Gasteiger partial charge in [0.25, 0.3) is 0 Å². The maximum absolute atomic E-state index is 15.0. The summed E-state index contributed by atoms with van der Waals surface area (Å²) in [4.78, 5) is 18.7. The third-order valence-corrected chi connectivity index (χ3v) is 6.28. The van der Waals surface area contributed by atoms with Gasteiger partial charge in [0.2, 0.25) is 5.91 Å². The van der Waals surface area contributed by atoms with E-state index in [1.165, 1.54) is 29.5 Å². The second kappa shape index (κ2) is 11.6. The molecule has 0 radical (unpaired) electrons. The van der Waals surface area contributed by atoms with Crippen molar-refractivity contribution in [2.24, 2.45) is 0 Å². The third kappa shape index (κ3) is 5.50. The Balaban J connectivity index is 0.00000167. The quantitative estimate of drug-likeness (QED) is 0.289. The third-order valence-electron chi connectivity index (χ3n) is 5.54. The van der Waals surface area contributed by atoms with Gasteiger partial charge < -0.3 is 4.74 Å². The van der Waals surface area contributed by atoms with E-state index < -0.39 is 5.82 Å². The molecule has 1 amide bonds. The number of nitrogens with zero attached hydrogens (tertiary/aromatic N) is 3. The van der Waals surface area contributed by atoms with Gasteiger partial charge in [0.15, 0.2) is 0 Å². The molecule has 0 saturated carbocycles. The zero-order valence-electron chi connectivity index (χ0n) is 20.6. The predicted octanol–water partition coefficient (Wildman–Crippen LogP) is 7.12. The van der Waals surface area contributed by atoms with Crippen molar-refractivity contribution in [1.29, 1.82) is 5.26 Å². The molecule has 2 heterocycles. The van der Waals surface area contributed by atoms with Gasteiger partial charge in [-0.05, 0) is 77.5 Å². The molecule has 4 aromatic rings. The van der Waals surface area contributed by atoms with Crippen molar-refractivity contribution in [3.63, 3.8) is 0 Å². The molecule has 180 valence electrons. The molecule has 7 heteroatoms. The summed E-state index contributed by atoms with van der Waals surface area (Å²) in [6, 6.07) is 12.0. The highest BCUT2D eigenvalue weighted by Crippen LogP contribution is 2.38. The van der Waals surface area contributed by atoms with Gasteiger partial charge in [-0.1, -0.05) is 13.8 Å². The molecule has 2 aromatic heterocycles. The minimum atomic E-state index is -0.639. The monoisotopic (exact) mass is 489 g/mol. The Labute approximate surface area is 209 Å². The van der Waals surface area contributed by atoms with E-state index in [2.05, 4.69) is 21.8 Å². The lowest BCUT2D eigenvalue weighted by Crippen LogP contribution is -2.25. The summed E-state index contributed by atoms with van der Waals surface area (Å²) in [5.74, 6) is -0.261. The molecule has 35 heavy (non-hydrogen) atoms. The van der Waals surface area contributed by atoms with E-state index in [9.17, 15) is 9.18 Å². The summed E-state index contributed by atoms with van der Waals surface area (Å²) in [6.45, 7) is 7.23. The predicted molar refractivity (Wildman–Crippen MR) is 140 cm³/mol. The largest absolute Gasteiger partial charge is 0.496 e. The van der Waals surface area contributed by atoms with Gasteiger partial charge in [0.05, 0.1) is 35.6 Å². The van der Waals surface area contributed by atoms with E-state index in [1.54, 1.807) is 24.6 Å². The normalized spacial score (nSPS) is 10.3. The molecule has 0 fully saturated rings. The first-order chi connectivity index (χ1) is 16.9. The molecule has 4 rings (SSSR count). The van der Waals surface area contributed by atoms with Crippen LogP contribution in [0, 0.1) is 24.1 Å².